The highest BCUT2D eigenvalue weighted by Crippen LogP contribution is 2.17. The molecule has 96 valence electrons. The smallest absolute Gasteiger partial charge is 0.0619 e. The summed E-state index contributed by atoms with van der Waals surface area (Å²) in [5, 5.41) is 4.93. The highest BCUT2D eigenvalue weighted by Gasteiger charge is 2.12. The Hall–Kier alpha value is -1.32. The fourth-order valence-electron chi connectivity index (χ4n) is 2.65. The first-order chi connectivity index (χ1) is 8.93. The maximum Gasteiger partial charge on any atom is 0.0619 e. The number of hydrogen-bond donors (Lipinski definition) is 2. The average Bonchev–Trinajstić information content (AvgIpc) is 2.84. The molecular weight excluding hydrogens is 224 g/mol. The van der Waals surface area contributed by atoms with Crippen LogP contribution in [-0.2, 0) is 11.2 Å². The van der Waals surface area contributed by atoms with E-state index in [2.05, 4.69) is 40.8 Å². The number of ether oxygens (including phenoxy) is 1. The van der Waals surface area contributed by atoms with E-state index in [-0.39, 0.29) is 0 Å². The molecule has 1 unspecified atom stereocenters. The van der Waals surface area contributed by atoms with Crippen molar-refractivity contribution in [2.24, 2.45) is 0 Å². The minimum Gasteiger partial charge on any atom is -0.380 e. The van der Waals surface area contributed by atoms with Crippen LogP contribution in [0, 0.1) is 0 Å². The molecule has 0 saturated carbocycles. The molecule has 2 N–H and O–H groups in total. The van der Waals surface area contributed by atoms with Gasteiger partial charge >= 0.3 is 0 Å². The molecule has 1 atom stereocenters. The lowest BCUT2D eigenvalue weighted by Crippen LogP contribution is -2.37. The van der Waals surface area contributed by atoms with E-state index in [1.54, 1.807) is 0 Å². The zero-order valence-corrected chi connectivity index (χ0v) is 10.6. The Kier molecular flexibility index (Phi) is 3.62. The van der Waals surface area contributed by atoms with Crippen LogP contribution in [0.15, 0.2) is 30.5 Å². The van der Waals surface area contributed by atoms with Crippen LogP contribution in [0.4, 0.5) is 0 Å². The Balaban J connectivity index is 1.56. The summed E-state index contributed by atoms with van der Waals surface area (Å²) in [4.78, 5) is 3.32. The number of para-hydroxylation sites is 1. The first-order valence-corrected chi connectivity index (χ1v) is 6.79. The standard InChI is InChI=1S/C15H20N2O/c1-2-6-15-14(5-1)12(10-17-15)7-8-16-13-4-3-9-18-11-13/h1-2,5-6,10,13,16-17H,3-4,7-9,11H2. The van der Waals surface area contributed by atoms with Gasteiger partial charge in [-0.15, -0.1) is 0 Å². The number of fused-ring (bicyclic) bond motifs is 1. The van der Waals surface area contributed by atoms with E-state index in [9.17, 15) is 0 Å². The third kappa shape index (κ3) is 2.57. The van der Waals surface area contributed by atoms with Gasteiger partial charge in [0.1, 0.15) is 0 Å². The number of rotatable bonds is 4. The monoisotopic (exact) mass is 244 g/mol. The molecule has 3 nitrogen and oxygen atoms in total. The van der Waals surface area contributed by atoms with Crippen molar-refractivity contribution in [1.82, 2.24) is 10.3 Å². The predicted octanol–water partition coefficient (Wildman–Crippen LogP) is 2.48. The van der Waals surface area contributed by atoms with Gasteiger partial charge in [-0.2, -0.15) is 0 Å². The van der Waals surface area contributed by atoms with Crippen LogP contribution < -0.4 is 5.32 Å². The lowest BCUT2D eigenvalue weighted by atomic mass is 10.1. The molecule has 3 heteroatoms. The van der Waals surface area contributed by atoms with E-state index in [1.807, 2.05) is 0 Å². The van der Waals surface area contributed by atoms with Crippen LogP contribution in [0.5, 0.6) is 0 Å². The first-order valence-electron chi connectivity index (χ1n) is 6.79. The van der Waals surface area contributed by atoms with E-state index in [1.165, 1.54) is 29.3 Å². The molecule has 0 bridgehead atoms. The maximum absolute atomic E-state index is 5.47. The Morgan fingerprint density at radius 1 is 1.33 bits per heavy atom. The van der Waals surface area contributed by atoms with Crippen molar-refractivity contribution in [2.75, 3.05) is 19.8 Å². The zero-order chi connectivity index (χ0) is 12.2. The minimum absolute atomic E-state index is 0.545. The molecule has 0 amide bonds. The summed E-state index contributed by atoms with van der Waals surface area (Å²) in [5.74, 6) is 0. The average molecular weight is 244 g/mol. The second-order valence-corrected chi connectivity index (χ2v) is 4.98. The Morgan fingerprint density at radius 3 is 3.17 bits per heavy atom. The molecule has 18 heavy (non-hydrogen) atoms. The third-order valence-electron chi connectivity index (χ3n) is 3.66. The quantitative estimate of drug-likeness (QED) is 0.867. The Bertz CT molecular complexity index is 500. The number of nitrogens with one attached hydrogen (secondary N) is 2. The molecule has 0 aliphatic carbocycles. The number of aromatic amines is 1. The fourth-order valence-corrected chi connectivity index (χ4v) is 2.65. The second-order valence-electron chi connectivity index (χ2n) is 4.98. The van der Waals surface area contributed by atoms with Crippen molar-refractivity contribution < 1.29 is 4.74 Å². The van der Waals surface area contributed by atoms with Gasteiger partial charge < -0.3 is 15.0 Å². The van der Waals surface area contributed by atoms with Crippen molar-refractivity contribution in [2.45, 2.75) is 25.3 Å². The molecule has 1 aliphatic heterocycles. The van der Waals surface area contributed by atoms with E-state index in [0.29, 0.717) is 6.04 Å². The summed E-state index contributed by atoms with van der Waals surface area (Å²) in [6.45, 7) is 2.82. The molecule has 2 aromatic rings. The summed E-state index contributed by atoms with van der Waals surface area (Å²) < 4.78 is 5.47. The maximum atomic E-state index is 5.47. The fraction of sp³-hybridized carbons (Fsp3) is 0.467. The van der Waals surface area contributed by atoms with Gasteiger partial charge in [0, 0.05) is 29.7 Å². The predicted molar refractivity (Wildman–Crippen MR) is 73.8 cm³/mol. The van der Waals surface area contributed by atoms with E-state index < -0.39 is 0 Å². The highest BCUT2D eigenvalue weighted by molar-refractivity contribution is 5.83. The van der Waals surface area contributed by atoms with E-state index >= 15 is 0 Å². The van der Waals surface area contributed by atoms with Gasteiger partial charge in [-0.1, -0.05) is 18.2 Å². The molecule has 1 aliphatic rings. The number of aromatic nitrogens is 1. The molecule has 0 radical (unpaired) electrons. The van der Waals surface area contributed by atoms with Crippen LogP contribution in [0.2, 0.25) is 0 Å². The van der Waals surface area contributed by atoms with Crippen LogP contribution in [0.3, 0.4) is 0 Å². The largest absolute Gasteiger partial charge is 0.380 e. The second kappa shape index (κ2) is 5.55. The Morgan fingerprint density at radius 2 is 2.28 bits per heavy atom. The van der Waals surface area contributed by atoms with Gasteiger partial charge in [-0.05, 0) is 37.4 Å². The van der Waals surface area contributed by atoms with Gasteiger partial charge in [-0.25, -0.2) is 0 Å². The molecule has 3 rings (SSSR count). The molecule has 1 aromatic heterocycles. The van der Waals surface area contributed by atoms with E-state index in [0.717, 1.165) is 26.2 Å². The van der Waals surface area contributed by atoms with Crippen LogP contribution in [-0.4, -0.2) is 30.8 Å². The molecule has 0 spiro atoms. The van der Waals surface area contributed by atoms with Crippen molar-refractivity contribution in [3.8, 4) is 0 Å². The molecular formula is C15H20N2O. The lowest BCUT2D eigenvalue weighted by molar-refractivity contribution is 0.0707. The summed E-state index contributed by atoms with van der Waals surface area (Å²) in [5.41, 5.74) is 2.63. The summed E-state index contributed by atoms with van der Waals surface area (Å²) in [7, 11) is 0. The number of H-pyrrole nitrogens is 1. The molecule has 1 saturated heterocycles. The van der Waals surface area contributed by atoms with Crippen molar-refractivity contribution in [3.05, 3.63) is 36.0 Å². The SMILES string of the molecule is c1ccc2c(CCNC3CCCOC3)c[nH]c2c1. The summed E-state index contributed by atoms with van der Waals surface area (Å²) in [6.07, 6.45) is 5.63. The molecule has 2 heterocycles. The lowest BCUT2D eigenvalue weighted by Gasteiger charge is -2.23. The number of hydrogen-bond acceptors (Lipinski definition) is 2. The highest BCUT2D eigenvalue weighted by atomic mass is 16.5. The zero-order valence-electron chi connectivity index (χ0n) is 10.6. The van der Waals surface area contributed by atoms with Crippen LogP contribution in [0.25, 0.3) is 10.9 Å². The first kappa shape index (κ1) is 11.8. The molecule has 1 fully saturated rings. The van der Waals surface area contributed by atoms with Gasteiger partial charge in [0.05, 0.1) is 6.61 Å². The third-order valence-corrected chi connectivity index (χ3v) is 3.66. The van der Waals surface area contributed by atoms with Gasteiger partial charge in [0.25, 0.3) is 0 Å². The molecule has 1 aromatic carbocycles. The number of benzene rings is 1. The van der Waals surface area contributed by atoms with Gasteiger partial charge in [-0.3, -0.25) is 0 Å². The van der Waals surface area contributed by atoms with Crippen molar-refractivity contribution in [3.63, 3.8) is 0 Å². The summed E-state index contributed by atoms with van der Waals surface area (Å²) >= 11 is 0. The Labute approximate surface area is 108 Å². The van der Waals surface area contributed by atoms with E-state index in [4.69, 9.17) is 4.74 Å². The van der Waals surface area contributed by atoms with Crippen LogP contribution in [0.1, 0.15) is 18.4 Å². The topological polar surface area (TPSA) is 37.0 Å². The van der Waals surface area contributed by atoms with Gasteiger partial charge in [0.15, 0.2) is 0 Å². The minimum atomic E-state index is 0.545. The van der Waals surface area contributed by atoms with Gasteiger partial charge in [0.2, 0.25) is 0 Å². The van der Waals surface area contributed by atoms with Crippen LogP contribution >= 0.6 is 0 Å². The summed E-state index contributed by atoms with van der Waals surface area (Å²) in [6, 6.07) is 9.03. The van der Waals surface area contributed by atoms with Crippen molar-refractivity contribution >= 4 is 10.9 Å². The van der Waals surface area contributed by atoms with Crippen molar-refractivity contribution in [1.29, 1.82) is 0 Å². The normalized spacial score (nSPS) is 20.3.